The zero-order valence-corrected chi connectivity index (χ0v) is 16.3. The van der Waals surface area contributed by atoms with E-state index in [0.29, 0.717) is 5.69 Å². The molecule has 0 aliphatic rings. The summed E-state index contributed by atoms with van der Waals surface area (Å²) in [6.45, 7) is 2.87. The molecule has 9 heteroatoms. The van der Waals surface area contributed by atoms with E-state index in [9.17, 15) is 24.5 Å². The van der Waals surface area contributed by atoms with E-state index < -0.39 is 35.0 Å². The largest absolute Gasteiger partial charge is 0.452 e. The second-order valence-electron chi connectivity index (χ2n) is 6.47. The number of anilines is 1. The fraction of sp³-hybridized carbons (Fsp3) is 0.250. The fourth-order valence-corrected chi connectivity index (χ4v) is 2.48. The van der Waals surface area contributed by atoms with Crippen LogP contribution in [-0.2, 0) is 14.3 Å². The van der Waals surface area contributed by atoms with Crippen LogP contribution in [0.15, 0.2) is 42.5 Å². The molecule has 2 aromatic rings. The highest BCUT2D eigenvalue weighted by Crippen LogP contribution is 2.18. The average Bonchev–Trinajstić information content (AvgIpc) is 2.68. The van der Waals surface area contributed by atoms with E-state index in [-0.39, 0.29) is 12.1 Å². The van der Waals surface area contributed by atoms with E-state index in [0.717, 1.165) is 16.0 Å². The molecule has 29 heavy (non-hydrogen) atoms. The molecule has 0 aromatic heterocycles. The van der Waals surface area contributed by atoms with Crippen molar-refractivity contribution in [2.45, 2.75) is 13.8 Å². The number of ether oxygens (including phenoxy) is 1. The molecular formula is C20H21N3O6. The Bertz CT molecular complexity index is 957. The average molecular weight is 399 g/mol. The molecule has 0 aliphatic heterocycles. The van der Waals surface area contributed by atoms with Gasteiger partial charge in [0.2, 0.25) is 5.91 Å². The van der Waals surface area contributed by atoms with Crippen molar-refractivity contribution in [1.29, 1.82) is 0 Å². The van der Waals surface area contributed by atoms with Crippen LogP contribution < -0.4 is 5.32 Å². The van der Waals surface area contributed by atoms with Gasteiger partial charge in [0.05, 0.1) is 11.5 Å². The minimum atomic E-state index is -0.987. The summed E-state index contributed by atoms with van der Waals surface area (Å²) < 4.78 is 4.87. The lowest BCUT2D eigenvalue weighted by molar-refractivity contribution is -0.385. The molecule has 152 valence electrons. The summed E-state index contributed by atoms with van der Waals surface area (Å²) >= 11 is 0. The Kier molecular flexibility index (Phi) is 7.02. The summed E-state index contributed by atoms with van der Waals surface area (Å²) in [5.41, 5.74) is 1.86. The molecule has 0 atom stereocenters. The van der Waals surface area contributed by atoms with E-state index in [1.54, 1.807) is 0 Å². The van der Waals surface area contributed by atoms with E-state index in [2.05, 4.69) is 5.32 Å². The highest BCUT2D eigenvalue weighted by atomic mass is 16.6. The van der Waals surface area contributed by atoms with Crippen LogP contribution in [0.4, 0.5) is 11.4 Å². The van der Waals surface area contributed by atoms with Gasteiger partial charge in [-0.05, 0) is 37.1 Å². The zero-order valence-electron chi connectivity index (χ0n) is 16.3. The molecule has 0 spiro atoms. The molecule has 0 heterocycles. The number of benzene rings is 2. The number of esters is 1. The van der Waals surface area contributed by atoms with Crippen molar-refractivity contribution in [3.05, 3.63) is 69.3 Å². The van der Waals surface area contributed by atoms with Gasteiger partial charge in [-0.1, -0.05) is 24.3 Å². The molecule has 0 radical (unpaired) electrons. The number of nitro benzene ring substituents is 1. The highest BCUT2D eigenvalue weighted by Gasteiger charge is 2.22. The third kappa shape index (κ3) is 5.86. The van der Waals surface area contributed by atoms with Crippen LogP contribution in [0.5, 0.6) is 0 Å². The molecule has 2 rings (SSSR count). The number of hydrogen-bond acceptors (Lipinski definition) is 6. The van der Waals surface area contributed by atoms with Crippen LogP contribution in [-0.4, -0.2) is 47.8 Å². The van der Waals surface area contributed by atoms with Crippen LogP contribution in [0, 0.1) is 24.0 Å². The lowest BCUT2D eigenvalue weighted by atomic mass is 10.1. The third-order valence-electron chi connectivity index (χ3n) is 4.12. The predicted octanol–water partition coefficient (Wildman–Crippen LogP) is 2.47. The first-order valence-electron chi connectivity index (χ1n) is 8.70. The Morgan fingerprint density at radius 2 is 1.83 bits per heavy atom. The molecule has 2 aromatic carbocycles. The minimum Gasteiger partial charge on any atom is -0.452 e. The van der Waals surface area contributed by atoms with Crippen molar-refractivity contribution in [2.24, 2.45) is 0 Å². The Hall–Kier alpha value is -3.75. The molecule has 0 aliphatic carbocycles. The van der Waals surface area contributed by atoms with Gasteiger partial charge in [0.15, 0.2) is 6.61 Å². The van der Waals surface area contributed by atoms with Gasteiger partial charge in [0.25, 0.3) is 11.6 Å². The quantitative estimate of drug-likeness (QED) is 0.434. The predicted molar refractivity (Wildman–Crippen MR) is 106 cm³/mol. The number of carbonyl (C=O) groups is 3. The van der Waals surface area contributed by atoms with Crippen molar-refractivity contribution in [3.63, 3.8) is 0 Å². The molecule has 9 nitrogen and oxygen atoms in total. The van der Waals surface area contributed by atoms with Gasteiger partial charge in [0, 0.05) is 18.8 Å². The van der Waals surface area contributed by atoms with Gasteiger partial charge in [-0.15, -0.1) is 0 Å². The van der Waals surface area contributed by atoms with Crippen molar-refractivity contribution in [1.82, 2.24) is 4.90 Å². The first kappa shape index (κ1) is 21.5. The molecule has 2 amide bonds. The number of nitrogens with one attached hydrogen (secondary N) is 1. The summed E-state index contributed by atoms with van der Waals surface area (Å²) in [4.78, 5) is 47.7. The Balaban J connectivity index is 1.90. The number of rotatable bonds is 7. The standard InChI is InChI=1S/C20H21N3O6/c1-13-8-9-14(2)16(10-13)21-18(24)11-22(3)19(25)12-29-20(26)15-6-4-5-7-17(15)23(27)28/h4-10H,11-12H2,1-3H3,(H,21,24). The van der Waals surface area contributed by atoms with Crippen LogP contribution in [0.25, 0.3) is 0 Å². The summed E-state index contributed by atoms with van der Waals surface area (Å²) in [6.07, 6.45) is 0. The maximum atomic E-state index is 12.2. The number of nitro groups is 1. The lowest BCUT2D eigenvalue weighted by Crippen LogP contribution is -2.37. The van der Waals surface area contributed by atoms with Gasteiger partial charge < -0.3 is 15.0 Å². The summed E-state index contributed by atoms with van der Waals surface area (Å²) in [7, 11) is 1.39. The van der Waals surface area contributed by atoms with Gasteiger partial charge >= 0.3 is 5.97 Å². The first-order valence-corrected chi connectivity index (χ1v) is 8.70. The molecule has 1 N–H and O–H groups in total. The van der Waals surface area contributed by atoms with Gasteiger partial charge in [0.1, 0.15) is 5.56 Å². The highest BCUT2D eigenvalue weighted by molar-refractivity contribution is 5.97. The fourth-order valence-electron chi connectivity index (χ4n) is 2.48. The van der Waals surface area contributed by atoms with E-state index in [1.165, 1.54) is 31.3 Å². The van der Waals surface area contributed by atoms with Gasteiger partial charge in [-0.3, -0.25) is 19.7 Å². The Labute approximate surface area is 167 Å². The number of aryl methyl sites for hydroxylation is 2. The molecular weight excluding hydrogens is 378 g/mol. The van der Waals surface area contributed by atoms with E-state index in [4.69, 9.17) is 4.74 Å². The molecule has 0 saturated carbocycles. The molecule has 0 saturated heterocycles. The normalized spacial score (nSPS) is 10.2. The summed E-state index contributed by atoms with van der Waals surface area (Å²) in [5, 5.41) is 13.7. The number of carbonyl (C=O) groups excluding carboxylic acids is 3. The van der Waals surface area contributed by atoms with Crippen molar-refractivity contribution < 1.29 is 24.0 Å². The summed E-state index contributed by atoms with van der Waals surface area (Å²) in [6, 6.07) is 10.9. The van der Waals surface area contributed by atoms with Crippen molar-refractivity contribution >= 4 is 29.2 Å². The lowest BCUT2D eigenvalue weighted by Gasteiger charge is -2.17. The minimum absolute atomic E-state index is 0.241. The molecule has 0 fully saturated rings. The summed E-state index contributed by atoms with van der Waals surface area (Å²) in [5.74, 6) is -2.01. The Morgan fingerprint density at radius 1 is 1.14 bits per heavy atom. The number of hydrogen-bond donors (Lipinski definition) is 1. The van der Waals surface area contributed by atoms with Crippen LogP contribution in [0.2, 0.25) is 0 Å². The van der Waals surface area contributed by atoms with Crippen LogP contribution in [0.3, 0.4) is 0 Å². The molecule has 0 bridgehead atoms. The monoisotopic (exact) mass is 399 g/mol. The van der Waals surface area contributed by atoms with E-state index in [1.807, 2.05) is 32.0 Å². The smallest absolute Gasteiger partial charge is 0.345 e. The Morgan fingerprint density at radius 3 is 2.52 bits per heavy atom. The van der Waals surface area contributed by atoms with Crippen LogP contribution in [0.1, 0.15) is 21.5 Å². The maximum Gasteiger partial charge on any atom is 0.345 e. The second-order valence-corrected chi connectivity index (χ2v) is 6.47. The van der Waals surface area contributed by atoms with Gasteiger partial charge in [-0.25, -0.2) is 4.79 Å². The zero-order chi connectivity index (χ0) is 21.6. The van der Waals surface area contributed by atoms with Crippen molar-refractivity contribution in [3.8, 4) is 0 Å². The van der Waals surface area contributed by atoms with Crippen LogP contribution >= 0.6 is 0 Å². The SMILES string of the molecule is Cc1ccc(C)c(NC(=O)CN(C)C(=O)COC(=O)c2ccccc2[N+](=O)[O-])c1. The molecule has 0 unspecified atom stereocenters. The maximum absolute atomic E-state index is 12.2. The first-order chi connectivity index (χ1) is 13.7. The van der Waals surface area contributed by atoms with Crippen molar-refractivity contribution in [2.75, 3.05) is 25.5 Å². The number of nitrogens with zero attached hydrogens (tertiary/aromatic N) is 2. The number of amides is 2. The van der Waals surface area contributed by atoms with Gasteiger partial charge in [-0.2, -0.15) is 0 Å². The van der Waals surface area contributed by atoms with E-state index >= 15 is 0 Å². The topological polar surface area (TPSA) is 119 Å². The second kappa shape index (κ2) is 9.45. The third-order valence-corrected chi connectivity index (χ3v) is 4.12. The number of para-hydroxylation sites is 1. The number of likely N-dealkylation sites (N-methyl/N-ethyl adjacent to an activating group) is 1.